The normalized spacial score (nSPS) is 19.3. The molecule has 54 heavy (non-hydrogen) atoms. The quantitative estimate of drug-likeness (QED) is 0.166. The number of benzene rings is 3. The van der Waals surface area contributed by atoms with Crippen molar-refractivity contribution >= 4 is 41.3 Å². The Morgan fingerprint density at radius 2 is 1.52 bits per heavy atom. The molecule has 0 aromatic heterocycles. The van der Waals surface area contributed by atoms with Crippen molar-refractivity contribution in [3.8, 4) is 0 Å². The molecule has 5 amide bonds. The number of carbonyl (C=O) groups excluding carboxylic acids is 5. The molecule has 2 aliphatic heterocycles. The summed E-state index contributed by atoms with van der Waals surface area (Å²) in [4.78, 5) is 69.6. The van der Waals surface area contributed by atoms with E-state index >= 15 is 0 Å². The Balaban J connectivity index is 1.33. The Bertz CT molecular complexity index is 1810. The fourth-order valence-corrected chi connectivity index (χ4v) is 8.16. The van der Waals surface area contributed by atoms with Gasteiger partial charge in [-0.25, -0.2) is 0 Å². The van der Waals surface area contributed by atoms with Crippen LogP contribution in [-0.2, 0) is 48.2 Å². The van der Waals surface area contributed by atoms with Crippen molar-refractivity contribution in [3.63, 3.8) is 0 Å². The fourth-order valence-electron chi connectivity index (χ4n) is 7.02. The van der Waals surface area contributed by atoms with Gasteiger partial charge in [-0.15, -0.1) is 11.8 Å². The third kappa shape index (κ3) is 9.87. The van der Waals surface area contributed by atoms with Gasteiger partial charge < -0.3 is 36.0 Å². The summed E-state index contributed by atoms with van der Waals surface area (Å²) in [7, 11) is 0. The number of hydrogen-bond donors (Lipinski definition) is 5. The summed E-state index contributed by atoms with van der Waals surface area (Å²) in [6.07, 6.45) is -1.22. The molecule has 13 heteroatoms. The number of ether oxygens (including phenoxy) is 1. The van der Waals surface area contributed by atoms with Crippen molar-refractivity contribution in [1.82, 2.24) is 26.2 Å². The van der Waals surface area contributed by atoms with Crippen LogP contribution in [0.2, 0.25) is 0 Å². The van der Waals surface area contributed by atoms with Gasteiger partial charge in [-0.2, -0.15) is 0 Å². The number of aliphatic hydroxyl groups excluding tert-OH is 1. The zero-order valence-corrected chi connectivity index (χ0v) is 32.3. The van der Waals surface area contributed by atoms with Crippen LogP contribution >= 0.6 is 11.8 Å². The van der Waals surface area contributed by atoms with Crippen LogP contribution < -0.4 is 21.3 Å². The van der Waals surface area contributed by atoms with Gasteiger partial charge in [0.15, 0.2) is 6.10 Å². The molecule has 5 rings (SSSR count). The number of hydrogen-bond acceptors (Lipinski definition) is 8. The molecule has 288 valence electrons. The van der Waals surface area contributed by atoms with E-state index in [1.807, 2.05) is 107 Å². The second-order valence-corrected chi connectivity index (χ2v) is 16.2. The first kappa shape index (κ1) is 40.5. The van der Waals surface area contributed by atoms with Crippen LogP contribution in [0.4, 0.5) is 0 Å². The van der Waals surface area contributed by atoms with Crippen LogP contribution in [-0.4, -0.2) is 87.6 Å². The maximum atomic E-state index is 14.2. The number of carbonyl (C=O) groups is 5. The second-order valence-electron chi connectivity index (χ2n) is 14.6. The molecule has 2 saturated heterocycles. The fraction of sp³-hybridized carbons (Fsp3) is 0.439. The molecule has 0 radical (unpaired) electrons. The molecule has 5 atom stereocenters. The zero-order valence-electron chi connectivity index (χ0n) is 31.5. The van der Waals surface area contributed by atoms with Gasteiger partial charge in [0.05, 0.1) is 18.5 Å². The summed E-state index contributed by atoms with van der Waals surface area (Å²) in [5, 5.41) is 22.9. The Labute approximate surface area is 321 Å². The van der Waals surface area contributed by atoms with E-state index in [0.717, 1.165) is 33.4 Å². The highest BCUT2D eigenvalue weighted by Gasteiger charge is 2.50. The van der Waals surface area contributed by atoms with E-state index in [4.69, 9.17) is 4.74 Å². The van der Waals surface area contributed by atoms with Crippen LogP contribution in [0.5, 0.6) is 0 Å². The molecule has 0 aliphatic carbocycles. The predicted octanol–water partition coefficient (Wildman–Crippen LogP) is 2.83. The Morgan fingerprint density at radius 1 is 0.852 bits per heavy atom. The lowest BCUT2D eigenvalue weighted by molar-refractivity contribution is -0.148. The maximum Gasteiger partial charge on any atom is 0.309 e. The predicted molar refractivity (Wildman–Crippen MR) is 207 cm³/mol. The minimum absolute atomic E-state index is 0.0754. The summed E-state index contributed by atoms with van der Waals surface area (Å²) >= 11 is 1.43. The molecule has 5 N–H and O–H groups in total. The lowest BCUT2D eigenvalue weighted by atomic mass is 9.94. The molecule has 0 bridgehead atoms. The number of aryl methyl sites for hydroxylation is 3. The SMILES string of the molecule is Cc1ccccc1CNC(=O)C(=O)N[C@H](C(=O)N[C@@H](Cc1ccccc1)[C@H](O)C(=O)N1CSC(C)(C)[C@H]1C(=O)NCc1c(C)cccc1C)[C@H]1CCOC1. The molecule has 3 aromatic rings. The standard InChI is InChI=1S/C41H51N5O7S/c1-25-12-9-10-17-29(25)21-42-38(50)39(51)45-33(30-18-19-53-23-30)36(48)44-32(20-28-15-7-6-8-16-28)34(47)40(52)46-24-54-41(4,5)35(46)37(49)43-22-31-26(2)13-11-14-27(31)3/h6-17,30,32-35,47H,18-24H2,1-5H3,(H,42,50)(H,43,49)(H,44,48)(H,45,51)/t30-,32-,33-,34-,35+/m0/s1. The minimum Gasteiger partial charge on any atom is -0.381 e. The number of amides is 5. The van der Waals surface area contributed by atoms with Crippen molar-refractivity contribution < 1.29 is 33.8 Å². The number of rotatable bonds is 13. The van der Waals surface area contributed by atoms with Gasteiger partial charge in [0.25, 0.3) is 5.91 Å². The van der Waals surface area contributed by atoms with Crippen molar-refractivity contribution in [2.45, 2.75) is 89.5 Å². The van der Waals surface area contributed by atoms with Gasteiger partial charge in [0, 0.05) is 30.4 Å². The van der Waals surface area contributed by atoms with Crippen LogP contribution in [0.3, 0.4) is 0 Å². The molecular weight excluding hydrogens is 707 g/mol. The third-order valence-electron chi connectivity index (χ3n) is 10.3. The molecule has 0 spiro atoms. The lowest BCUT2D eigenvalue weighted by Gasteiger charge is -2.34. The van der Waals surface area contributed by atoms with E-state index in [2.05, 4.69) is 21.3 Å². The summed E-state index contributed by atoms with van der Waals surface area (Å²) < 4.78 is 4.86. The van der Waals surface area contributed by atoms with Gasteiger partial charge in [0.2, 0.25) is 11.8 Å². The lowest BCUT2D eigenvalue weighted by Crippen LogP contribution is -2.61. The Morgan fingerprint density at radius 3 is 2.19 bits per heavy atom. The number of aliphatic hydroxyl groups is 1. The molecular formula is C41H51N5O7S. The van der Waals surface area contributed by atoms with E-state index in [0.29, 0.717) is 13.0 Å². The maximum absolute atomic E-state index is 14.2. The summed E-state index contributed by atoms with van der Waals surface area (Å²) in [5.74, 6) is -3.91. The first-order valence-electron chi connectivity index (χ1n) is 18.3. The zero-order chi connectivity index (χ0) is 39.0. The Kier molecular flexibility index (Phi) is 13.5. The number of nitrogens with zero attached hydrogens (tertiary/aromatic N) is 1. The smallest absolute Gasteiger partial charge is 0.309 e. The van der Waals surface area contributed by atoms with Gasteiger partial charge in [-0.1, -0.05) is 72.8 Å². The molecule has 0 unspecified atom stereocenters. The van der Waals surface area contributed by atoms with Crippen molar-refractivity contribution in [1.29, 1.82) is 0 Å². The van der Waals surface area contributed by atoms with Crippen LogP contribution in [0.1, 0.15) is 53.6 Å². The highest BCUT2D eigenvalue weighted by molar-refractivity contribution is 8.00. The van der Waals surface area contributed by atoms with Crippen molar-refractivity contribution in [3.05, 3.63) is 106 Å². The summed E-state index contributed by atoms with van der Waals surface area (Å²) in [6.45, 7) is 10.6. The molecule has 2 aliphatic rings. The summed E-state index contributed by atoms with van der Waals surface area (Å²) in [6, 6.07) is 19.3. The second kappa shape index (κ2) is 18.1. The highest BCUT2D eigenvalue weighted by Crippen LogP contribution is 2.40. The van der Waals surface area contributed by atoms with Gasteiger partial charge in [0.1, 0.15) is 12.1 Å². The minimum atomic E-state index is -1.74. The van der Waals surface area contributed by atoms with Crippen molar-refractivity contribution in [2.75, 3.05) is 19.1 Å². The Hall–Kier alpha value is -4.72. The first-order valence-corrected chi connectivity index (χ1v) is 19.3. The number of thioether (sulfide) groups is 1. The molecule has 2 fully saturated rings. The van der Waals surface area contributed by atoms with E-state index in [1.54, 1.807) is 0 Å². The monoisotopic (exact) mass is 757 g/mol. The topological polar surface area (TPSA) is 166 Å². The van der Waals surface area contributed by atoms with Gasteiger partial charge in [-0.05, 0) is 80.8 Å². The first-order chi connectivity index (χ1) is 25.8. The summed E-state index contributed by atoms with van der Waals surface area (Å²) in [5.41, 5.74) is 5.63. The van der Waals surface area contributed by atoms with E-state index in [1.165, 1.54) is 16.7 Å². The van der Waals surface area contributed by atoms with Crippen LogP contribution in [0.25, 0.3) is 0 Å². The van der Waals surface area contributed by atoms with Crippen LogP contribution in [0, 0.1) is 26.7 Å². The van der Waals surface area contributed by atoms with E-state index in [9.17, 15) is 29.1 Å². The van der Waals surface area contributed by atoms with Crippen molar-refractivity contribution in [2.24, 2.45) is 5.92 Å². The number of nitrogens with one attached hydrogen (secondary N) is 4. The molecule has 0 saturated carbocycles. The molecule has 2 heterocycles. The van der Waals surface area contributed by atoms with E-state index in [-0.39, 0.29) is 37.9 Å². The average Bonchev–Trinajstić information content (AvgIpc) is 3.80. The molecule has 3 aromatic carbocycles. The molecule has 12 nitrogen and oxygen atoms in total. The highest BCUT2D eigenvalue weighted by atomic mass is 32.2. The van der Waals surface area contributed by atoms with E-state index < -0.39 is 58.5 Å². The van der Waals surface area contributed by atoms with Gasteiger partial charge in [-0.3, -0.25) is 24.0 Å². The third-order valence-corrected chi connectivity index (χ3v) is 11.7. The average molecular weight is 758 g/mol. The van der Waals surface area contributed by atoms with Gasteiger partial charge >= 0.3 is 11.8 Å². The van der Waals surface area contributed by atoms with Crippen LogP contribution in [0.15, 0.2) is 72.8 Å². The largest absolute Gasteiger partial charge is 0.381 e.